The van der Waals surface area contributed by atoms with Crippen LogP contribution in [0.5, 0.6) is 5.75 Å². The van der Waals surface area contributed by atoms with Crippen LogP contribution in [0.2, 0.25) is 0 Å². The fourth-order valence-corrected chi connectivity index (χ4v) is 2.91. The number of hydrogen-bond acceptors (Lipinski definition) is 4. The van der Waals surface area contributed by atoms with Gasteiger partial charge in [-0.05, 0) is 54.1 Å². The number of H-pyrrole nitrogens is 1. The number of ether oxygens (including phenoxy) is 1. The number of nitrogens with one attached hydrogen (secondary N) is 3. The van der Waals surface area contributed by atoms with Crippen LogP contribution in [-0.2, 0) is 6.54 Å². The maximum absolute atomic E-state index is 5.27. The molecule has 2 aromatic carbocycles. The molecule has 2 heterocycles. The van der Waals surface area contributed by atoms with Crippen LogP contribution in [-0.4, -0.2) is 17.1 Å². The van der Waals surface area contributed by atoms with E-state index in [0.29, 0.717) is 0 Å². The van der Waals surface area contributed by atoms with Crippen LogP contribution < -0.4 is 15.4 Å². The van der Waals surface area contributed by atoms with Crippen molar-refractivity contribution in [1.82, 2.24) is 9.97 Å². The zero-order chi connectivity index (χ0) is 17.8. The molecular weight excluding hydrogens is 324 g/mol. The summed E-state index contributed by atoms with van der Waals surface area (Å²) < 4.78 is 5.27. The third kappa shape index (κ3) is 3.47. The van der Waals surface area contributed by atoms with Crippen LogP contribution in [0.4, 0.5) is 17.1 Å². The second-order valence-electron chi connectivity index (χ2n) is 6.02. The molecule has 4 aromatic rings. The van der Waals surface area contributed by atoms with Crippen molar-refractivity contribution < 1.29 is 4.74 Å². The Balaban J connectivity index is 1.42. The second-order valence-corrected chi connectivity index (χ2v) is 6.02. The zero-order valence-electron chi connectivity index (χ0n) is 14.5. The van der Waals surface area contributed by atoms with Crippen LogP contribution in [0.25, 0.3) is 10.9 Å². The lowest BCUT2D eigenvalue weighted by Gasteiger charge is -2.09. The van der Waals surface area contributed by atoms with Gasteiger partial charge in [0.2, 0.25) is 0 Å². The van der Waals surface area contributed by atoms with E-state index in [1.165, 1.54) is 10.9 Å². The molecule has 0 unspecified atom stereocenters. The number of aromatic amines is 1. The van der Waals surface area contributed by atoms with E-state index in [9.17, 15) is 0 Å². The number of aromatic nitrogens is 2. The minimum Gasteiger partial charge on any atom is -0.497 e. The smallest absolute Gasteiger partial charge is 0.120 e. The van der Waals surface area contributed by atoms with E-state index >= 15 is 0 Å². The van der Waals surface area contributed by atoms with Gasteiger partial charge in [0.1, 0.15) is 5.75 Å². The Kier molecular flexibility index (Phi) is 4.43. The average Bonchev–Trinajstić information content (AvgIpc) is 3.10. The molecule has 0 radical (unpaired) electrons. The summed E-state index contributed by atoms with van der Waals surface area (Å²) in [5, 5.41) is 8.02. The van der Waals surface area contributed by atoms with Gasteiger partial charge in [0.15, 0.2) is 0 Å². The van der Waals surface area contributed by atoms with Crippen molar-refractivity contribution in [3.05, 3.63) is 78.8 Å². The lowest BCUT2D eigenvalue weighted by Crippen LogP contribution is -1.99. The maximum atomic E-state index is 5.27. The SMILES string of the molecule is COc1ccc2c(CNc3ccc(Nc4ccncc4)cc3)c[nH]c2c1. The summed E-state index contributed by atoms with van der Waals surface area (Å²) >= 11 is 0. The molecule has 4 rings (SSSR count). The Morgan fingerprint density at radius 3 is 2.42 bits per heavy atom. The maximum Gasteiger partial charge on any atom is 0.120 e. The van der Waals surface area contributed by atoms with Gasteiger partial charge in [0.05, 0.1) is 7.11 Å². The van der Waals surface area contributed by atoms with Crippen LogP contribution in [0.3, 0.4) is 0 Å². The average molecular weight is 344 g/mol. The van der Waals surface area contributed by atoms with E-state index in [2.05, 4.69) is 50.9 Å². The standard InChI is InChI=1S/C21H20N4O/c1-26-19-6-7-20-15(14-24-21(20)12-19)13-23-16-2-4-17(5-3-16)25-18-8-10-22-11-9-18/h2-12,14,23-24H,13H2,1H3,(H,22,25). The fraction of sp³-hybridized carbons (Fsp3) is 0.0952. The first kappa shape index (κ1) is 16.0. The number of fused-ring (bicyclic) bond motifs is 1. The molecule has 0 fully saturated rings. The quantitative estimate of drug-likeness (QED) is 0.464. The molecule has 26 heavy (non-hydrogen) atoms. The molecule has 5 nitrogen and oxygen atoms in total. The topological polar surface area (TPSA) is 62.0 Å². The van der Waals surface area contributed by atoms with E-state index in [-0.39, 0.29) is 0 Å². The minimum absolute atomic E-state index is 0.753. The number of anilines is 3. The van der Waals surface area contributed by atoms with Crippen molar-refractivity contribution >= 4 is 28.0 Å². The van der Waals surface area contributed by atoms with Crippen molar-refractivity contribution in [3.63, 3.8) is 0 Å². The summed E-state index contributed by atoms with van der Waals surface area (Å²) in [7, 11) is 1.68. The lowest BCUT2D eigenvalue weighted by atomic mass is 10.1. The van der Waals surface area contributed by atoms with Gasteiger partial charge in [-0.15, -0.1) is 0 Å². The highest BCUT2D eigenvalue weighted by Crippen LogP contribution is 2.24. The van der Waals surface area contributed by atoms with Crippen molar-refractivity contribution in [3.8, 4) is 5.75 Å². The molecule has 5 heteroatoms. The molecule has 0 saturated heterocycles. The van der Waals surface area contributed by atoms with Crippen molar-refractivity contribution in [2.24, 2.45) is 0 Å². The molecule has 0 bridgehead atoms. The molecule has 130 valence electrons. The van der Waals surface area contributed by atoms with Gasteiger partial charge >= 0.3 is 0 Å². The summed E-state index contributed by atoms with van der Waals surface area (Å²) in [6.45, 7) is 0.753. The van der Waals surface area contributed by atoms with E-state index < -0.39 is 0 Å². The van der Waals surface area contributed by atoms with Crippen molar-refractivity contribution in [2.75, 3.05) is 17.7 Å². The van der Waals surface area contributed by atoms with Gasteiger partial charge in [-0.1, -0.05) is 0 Å². The highest BCUT2D eigenvalue weighted by Gasteiger charge is 2.05. The molecule has 0 amide bonds. The van der Waals surface area contributed by atoms with E-state index in [1.54, 1.807) is 19.5 Å². The Hall–Kier alpha value is -3.47. The van der Waals surface area contributed by atoms with Gasteiger partial charge in [-0.2, -0.15) is 0 Å². The zero-order valence-corrected chi connectivity index (χ0v) is 14.5. The number of benzene rings is 2. The number of hydrogen-bond donors (Lipinski definition) is 3. The summed E-state index contributed by atoms with van der Waals surface area (Å²) in [6, 6.07) is 18.2. The van der Waals surface area contributed by atoms with Crippen LogP contribution in [0, 0.1) is 0 Å². The number of methoxy groups -OCH3 is 1. The Morgan fingerprint density at radius 2 is 1.65 bits per heavy atom. The largest absolute Gasteiger partial charge is 0.497 e. The highest BCUT2D eigenvalue weighted by molar-refractivity contribution is 5.84. The molecule has 0 aliphatic rings. The Labute approximate surface area is 152 Å². The van der Waals surface area contributed by atoms with Crippen molar-refractivity contribution in [2.45, 2.75) is 6.54 Å². The minimum atomic E-state index is 0.753. The molecule has 0 aliphatic heterocycles. The summed E-state index contributed by atoms with van der Waals surface area (Å²) in [6.07, 6.45) is 5.58. The lowest BCUT2D eigenvalue weighted by molar-refractivity contribution is 0.415. The van der Waals surface area contributed by atoms with Gasteiger partial charge in [-0.25, -0.2) is 0 Å². The highest BCUT2D eigenvalue weighted by atomic mass is 16.5. The molecule has 2 aromatic heterocycles. The van der Waals surface area contributed by atoms with Gasteiger partial charge in [0.25, 0.3) is 0 Å². The molecule has 0 aliphatic carbocycles. The third-order valence-corrected chi connectivity index (χ3v) is 4.31. The molecule has 3 N–H and O–H groups in total. The van der Waals surface area contributed by atoms with Crippen LogP contribution in [0.1, 0.15) is 5.56 Å². The molecular formula is C21H20N4O. The fourth-order valence-electron chi connectivity index (χ4n) is 2.91. The first-order valence-corrected chi connectivity index (χ1v) is 8.47. The summed E-state index contributed by atoms with van der Waals surface area (Å²) in [5.74, 6) is 0.858. The Morgan fingerprint density at radius 1 is 0.923 bits per heavy atom. The Bertz CT molecular complexity index is 994. The van der Waals surface area contributed by atoms with Crippen molar-refractivity contribution in [1.29, 1.82) is 0 Å². The van der Waals surface area contributed by atoms with Gasteiger partial charge in [-0.3, -0.25) is 4.98 Å². The first-order valence-electron chi connectivity index (χ1n) is 8.47. The predicted octanol–water partition coefficient (Wildman–Crippen LogP) is 4.93. The predicted molar refractivity (Wildman–Crippen MR) is 106 cm³/mol. The molecule has 0 atom stereocenters. The number of pyridine rings is 1. The summed E-state index contributed by atoms with van der Waals surface area (Å²) in [5.41, 5.74) is 5.45. The number of rotatable bonds is 6. The van der Waals surface area contributed by atoms with Crippen LogP contribution >= 0.6 is 0 Å². The van der Waals surface area contributed by atoms with E-state index in [4.69, 9.17) is 4.74 Å². The molecule has 0 saturated carbocycles. The van der Waals surface area contributed by atoms with Gasteiger partial charge < -0.3 is 20.4 Å². The summed E-state index contributed by atoms with van der Waals surface area (Å²) in [4.78, 5) is 7.32. The van der Waals surface area contributed by atoms with E-state index in [1.807, 2.05) is 30.5 Å². The monoisotopic (exact) mass is 344 g/mol. The van der Waals surface area contributed by atoms with Crippen LogP contribution in [0.15, 0.2) is 73.2 Å². The normalized spacial score (nSPS) is 10.7. The second kappa shape index (κ2) is 7.19. The first-order chi connectivity index (χ1) is 12.8. The van der Waals surface area contributed by atoms with Gasteiger partial charge in [0, 0.05) is 59.2 Å². The van der Waals surface area contributed by atoms with E-state index in [0.717, 1.165) is 34.9 Å². The molecule has 0 spiro atoms. The number of nitrogens with zero attached hydrogens (tertiary/aromatic N) is 1. The third-order valence-electron chi connectivity index (χ3n) is 4.31.